The average molecular weight is 445 g/mol. The molecule has 2 fully saturated rings. The minimum Gasteiger partial charge on any atom is -0.338 e. The fourth-order valence-electron chi connectivity index (χ4n) is 5.06. The third-order valence-corrected chi connectivity index (χ3v) is 6.99. The third-order valence-electron chi connectivity index (χ3n) is 6.99. The number of likely N-dealkylation sites (tertiary alicyclic amines) is 2. The predicted octanol–water partition coefficient (Wildman–Crippen LogP) is 4.75. The van der Waals surface area contributed by atoms with Gasteiger partial charge in [0.25, 0.3) is 5.54 Å². The minimum absolute atomic E-state index is 0.0972. The summed E-state index contributed by atoms with van der Waals surface area (Å²) in [5.41, 5.74) is 1.72. The molecule has 2 aliphatic rings. The van der Waals surface area contributed by atoms with Gasteiger partial charge >= 0.3 is 6.03 Å². The van der Waals surface area contributed by atoms with E-state index >= 15 is 0 Å². The first-order valence-electron chi connectivity index (χ1n) is 11.9. The number of carbonyl (C=O) groups is 2. The number of hydrogen-bond donors (Lipinski definition) is 1. The second-order valence-corrected chi connectivity index (χ2v) is 9.02. The van der Waals surface area contributed by atoms with Crippen molar-refractivity contribution >= 4 is 11.9 Å². The van der Waals surface area contributed by atoms with Crippen LogP contribution in [-0.4, -0.2) is 47.9 Å². The standard InChI is InChI=1S/C27H32N4O2/c1-28-27(23-12-6-3-7-13-23)16-20-30(21-17-27)19-9-18-29-26(33)31-24(14-8-15-25(31)32)22-10-4-2-5-11-22/h2-7,10-13,24H,8-9,14-21H2,(H,29,33). The van der Waals surface area contributed by atoms with Gasteiger partial charge in [-0.3, -0.25) is 9.69 Å². The monoisotopic (exact) mass is 444 g/mol. The quantitative estimate of drug-likeness (QED) is 0.517. The fourth-order valence-corrected chi connectivity index (χ4v) is 5.06. The van der Waals surface area contributed by atoms with E-state index < -0.39 is 5.54 Å². The van der Waals surface area contributed by atoms with Gasteiger partial charge in [0.05, 0.1) is 6.04 Å². The smallest absolute Gasteiger partial charge is 0.324 e. The van der Waals surface area contributed by atoms with Gasteiger partial charge in [-0.2, -0.15) is 0 Å². The maximum Gasteiger partial charge on any atom is 0.324 e. The Morgan fingerprint density at radius 3 is 2.39 bits per heavy atom. The second-order valence-electron chi connectivity index (χ2n) is 9.02. The topological polar surface area (TPSA) is 57.0 Å². The summed E-state index contributed by atoms with van der Waals surface area (Å²) >= 11 is 0. The number of carbonyl (C=O) groups excluding carboxylic acids is 2. The van der Waals surface area contributed by atoms with Crippen molar-refractivity contribution in [2.75, 3.05) is 26.2 Å². The Labute approximate surface area is 196 Å². The molecule has 2 aromatic rings. The number of urea groups is 1. The number of imide groups is 1. The van der Waals surface area contributed by atoms with Gasteiger partial charge in [-0.15, -0.1) is 0 Å². The van der Waals surface area contributed by atoms with E-state index in [1.165, 1.54) is 4.90 Å². The first-order valence-corrected chi connectivity index (χ1v) is 11.9. The van der Waals surface area contributed by atoms with Crippen LogP contribution in [0.4, 0.5) is 4.79 Å². The summed E-state index contributed by atoms with van der Waals surface area (Å²) in [6.45, 7) is 11.0. The van der Waals surface area contributed by atoms with Crippen LogP contribution < -0.4 is 5.32 Å². The van der Waals surface area contributed by atoms with E-state index in [2.05, 4.69) is 27.2 Å². The molecule has 3 amide bonds. The van der Waals surface area contributed by atoms with E-state index in [0.29, 0.717) is 13.0 Å². The Balaban J connectivity index is 1.25. The number of piperidine rings is 2. The van der Waals surface area contributed by atoms with Crippen molar-refractivity contribution in [2.24, 2.45) is 0 Å². The fraction of sp³-hybridized carbons (Fsp3) is 0.444. The molecule has 1 N–H and O–H groups in total. The number of benzene rings is 2. The molecule has 2 aliphatic heterocycles. The van der Waals surface area contributed by atoms with Crippen molar-refractivity contribution < 1.29 is 9.59 Å². The van der Waals surface area contributed by atoms with Crippen LogP contribution in [-0.2, 0) is 10.3 Å². The van der Waals surface area contributed by atoms with Gasteiger partial charge in [0.1, 0.15) is 0 Å². The molecule has 0 aromatic heterocycles. The number of hydrogen-bond acceptors (Lipinski definition) is 3. The molecule has 172 valence electrons. The lowest BCUT2D eigenvalue weighted by molar-refractivity contribution is -0.132. The third kappa shape index (κ3) is 5.26. The number of nitrogens with one attached hydrogen (secondary N) is 1. The molecule has 2 heterocycles. The Kier molecular flexibility index (Phi) is 7.41. The van der Waals surface area contributed by atoms with E-state index in [9.17, 15) is 9.59 Å². The molecule has 0 bridgehead atoms. The molecule has 1 atom stereocenters. The minimum atomic E-state index is -0.410. The van der Waals surface area contributed by atoms with Gasteiger partial charge < -0.3 is 15.1 Å². The Bertz CT molecular complexity index is 978. The molecule has 0 aliphatic carbocycles. The number of nitrogens with zero attached hydrogens (tertiary/aromatic N) is 3. The molecule has 4 rings (SSSR count). The Hall–Kier alpha value is -3.17. The average Bonchev–Trinajstić information content (AvgIpc) is 2.88. The zero-order valence-corrected chi connectivity index (χ0v) is 19.1. The lowest BCUT2D eigenvalue weighted by atomic mass is 9.81. The van der Waals surface area contributed by atoms with E-state index in [1.807, 2.05) is 48.5 Å². The molecule has 33 heavy (non-hydrogen) atoms. The first kappa shape index (κ1) is 23.0. The molecule has 0 spiro atoms. The summed E-state index contributed by atoms with van der Waals surface area (Å²) in [5.74, 6) is -0.0972. The highest BCUT2D eigenvalue weighted by Crippen LogP contribution is 2.37. The van der Waals surface area contributed by atoms with E-state index in [-0.39, 0.29) is 18.0 Å². The van der Waals surface area contributed by atoms with Crippen molar-refractivity contribution in [3.8, 4) is 0 Å². The summed E-state index contributed by atoms with van der Waals surface area (Å²) in [6, 6.07) is 19.5. The molecule has 6 heteroatoms. The van der Waals surface area contributed by atoms with Crippen LogP contribution in [0.25, 0.3) is 4.85 Å². The van der Waals surface area contributed by atoms with Gasteiger partial charge in [-0.05, 0) is 31.4 Å². The van der Waals surface area contributed by atoms with Crippen molar-refractivity contribution in [1.82, 2.24) is 15.1 Å². The molecule has 0 radical (unpaired) electrons. The van der Waals surface area contributed by atoms with Crippen LogP contribution in [0.5, 0.6) is 0 Å². The van der Waals surface area contributed by atoms with Crippen LogP contribution in [0, 0.1) is 6.57 Å². The molecule has 6 nitrogen and oxygen atoms in total. The van der Waals surface area contributed by atoms with Crippen LogP contribution >= 0.6 is 0 Å². The summed E-state index contributed by atoms with van der Waals surface area (Å²) in [5, 5.41) is 2.97. The van der Waals surface area contributed by atoms with Gasteiger partial charge in [0.2, 0.25) is 5.91 Å². The molecule has 1 unspecified atom stereocenters. The highest BCUT2D eigenvalue weighted by Gasteiger charge is 2.42. The van der Waals surface area contributed by atoms with Crippen LogP contribution in [0.3, 0.4) is 0 Å². The summed E-state index contributed by atoms with van der Waals surface area (Å²) in [7, 11) is 0. The second kappa shape index (κ2) is 10.6. The zero-order chi connectivity index (χ0) is 23.1. The molecule has 2 saturated heterocycles. The summed E-state index contributed by atoms with van der Waals surface area (Å²) < 4.78 is 0. The van der Waals surface area contributed by atoms with E-state index in [0.717, 1.165) is 62.9 Å². The largest absolute Gasteiger partial charge is 0.338 e. The molecule has 2 aromatic carbocycles. The maximum absolute atomic E-state index is 12.9. The predicted molar refractivity (Wildman–Crippen MR) is 128 cm³/mol. The van der Waals surface area contributed by atoms with Crippen molar-refractivity contribution in [1.29, 1.82) is 0 Å². The summed E-state index contributed by atoms with van der Waals surface area (Å²) in [6.07, 6.45) is 4.52. The van der Waals surface area contributed by atoms with Gasteiger partial charge in [-0.25, -0.2) is 11.4 Å². The van der Waals surface area contributed by atoms with E-state index in [4.69, 9.17) is 6.57 Å². The number of amides is 3. The van der Waals surface area contributed by atoms with Crippen LogP contribution in [0.2, 0.25) is 0 Å². The van der Waals surface area contributed by atoms with E-state index in [1.54, 1.807) is 0 Å². The zero-order valence-electron chi connectivity index (χ0n) is 19.1. The Morgan fingerprint density at radius 1 is 1.06 bits per heavy atom. The SMILES string of the molecule is [C-]#[N+]C1(c2ccccc2)CCN(CCCNC(=O)N2C(=O)CCCC2c2ccccc2)CC1. The summed E-state index contributed by atoms with van der Waals surface area (Å²) in [4.78, 5) is 33.2. The molecule has 0 saturated carbocycles. The van der Waals surface area contributed by atoms with Crippen molar-refractivity contribution in [3.63, 3.8) is 0 Å². The molecular formula is C27H32N4O2. The maximum atomic E-state index is 12.9. The Morgan fingerprint density at radius 2 is 1.73 bits per heavy atom. The normalized spacial score (nSPS) is 20.8. The van der Waals surface area contributed by atoms with Crippen LogP contribution in [0.15, 0.2) is 60.7 Å². The van der Waals surface area contributed by atoms with Gasteiger partial charge in [0.15, 0.2) is 0 Å². The number of rotatable bonds is 6. The van der Waals surface area contributed by atoms with Gasteiger partial charge in [0, 0.05) is 44.5 Å². The van der Waals surface area contributed by atoms with Crippen LogP contribution in [0.1, 0.15) is 55.7 Å². The van der Waals surface area contributed by atoms with Gasteiger partial charge in [-0.1, -0.05) is 60.7 Å². The van der Waals surface area contributed by atoms with Crippen molar-refractivity contribution in [2.45, 2.75) is 50.1 Å². The van der Waals surface area contributed by atoms with Crippen molar-refractivity contribution in [3.05, 3.63) is 83.2 Å². The highest BCUT2D eigenvalue weighted by atomic mass is 16.2. The first-order chi connectivity index (χ1) is 16.1. The lowest BCUT2D eigenvalue weighted by Crippen LogP contribution is -2.48. The lowest BCUT2D eigenvalue weighted by Gasteiger charge is -2.35. The molecular weight excluding hydrogens is 412 g/mol. The highest BCUT2D eigenvalue weighted by molar-refractivity contribution is 5.95.